The number of carboxylic acid groups (broad SMARTS) is 1. The maximum atomic E-state index is 12.4. The van der Waals surface area contributed by atoms with Crippen LogP contribution >= 0.6 is 23.1 Å². The van der Waals surface area contributed by atoms with E-state index in [1.54, 1.807) is 0 Å². The van der Waals surface area contributed by atoms with E-state index in [0.29, 0.717) is 11.3 Å². The van der Waals surface area contributed by atoms with Crippen LogP contribution in [0.3, 0.4) is 0 Å². The molecule has 2 unspecified atom stereocenters. The molecule has 0 spiro atoms. The van der Waals surface area contributed by atoms with Crippen LogP contribution in [-0.4, -0.2) is 49.9 Å². The molecular weight excluding hydrogens is 382 g/mol. The van der Waals surface area contributed by atoms with Gasteiger partial charge in [-0.1, -0.05) is 12.7 Å². The minimum atomic E-state index is -1.43. The van der Waals surface area contributed by atoms with Crippen molar-refractivity contribution in [2.45, 2.75) is 17.5 Å². The third-order valence-corrected chi connectivity index (χ3v) is 5.91. The van der Waals surface area contributed by atoms with Gasteiger partial charge in [0.05, 0.1) is 5.69 Å². The van der Waals surface area contributed by atoms with Gasteiger partial charge in [0.2, 0.25) is 6.04 Å². The van der Waals surface area contributed by atoms with Crippen molar-refractivity contribution in [3.05, 3.63) is 39.9 Å². The molecule has 1 aromatic heterocycles. The summed E-state index contributed by atoms with van der Waals surface area (Å²) in [5, 5.41) is 15.6. The van der Waals surface area contributed by atoms with Crippen LogP contribution < -0.4 is 11.1 Å². The molecule has 0 aromatic carbocycles. The summed E-state index contributed by atoms with van der Waals surface area (Å²) in [5.74, 6) is -2.27. The number of amides is 2. The van der Waals surface area contributed by atoms with E-state index in [-0.39, 0.29) is 16.5 Å². The summed E-state index contributed by atoms with van der Waals surface area (Å²) >= 11 is 2.35. The minimum Gasteiger partial charge on any atom is -0.477 e. The number of carboxylic acids is 1. The monoisotopic (exact) mass is 395 g/mol. The summed E-state index contributed by atoms with van der Waals surface area (Å²) < 4.78 is 0. The SMILES string of the molecule is C=CC1=C(C(=O)O)N2C(=O)C(NC(=O)C(N=O)c3csc(N)n3)[C@H]2SC1. The number of nitrogens with two attached hydrogens (primary N) is 1. The predicted octanol–water partition coefficient (Wildman–Crippen LogP) is 0.457. The lowest BCUT2D eigenvalue weighted by Crippen LogP contribution is -2.70. The molecule has 4 N–H and O–H groups in total. The van der Waals surface area contributed by atoms with E-state index >= 15 is 0 Å². The van der Waals surface area contributed by atoms with Gasteiger partial charge in [0, 0.05) is 11.1 Å². The number of anilines is 1. The molecule has 0 bridgehead atoms. The quantitative estimate of drug-likeness (QED) is 0.463. The topological polar surface area (TPSA) is 155 Å². The smallest absolute Gasteiger partial charge is 0.352 e. The molecule has 10 nitrogen and oxygen atoms in total. The molecule has 3 atom stereocenters. The zero-order valence-electron chi connectivity index (χ0n) is 13.1. The fourth-order valence-electron chi connectivity index (χ4n) is 2.69. The molecule has 0 saturated carbocycles. The number of β-lactam (4-membered cyclic amide) rings is 1. The van der Waals surface area contributed by atoms with Crippen LogP contribution in [0, 0.1) is 4.91 Å². The normalized spacial score (nSPS) is 22.9. The second kappa shape index (κ2) is 6.88. The number of nitrogens with zero attached hydrogens (tertiary/aromatic N) is 3. The standard InChI is InChI=1S/C14H13N5O5S2/c1-2-5-3-25-12-8(11(21)19(12)9(5)13(22)23)17-10(20)7(18-24)6-4-26-14(15)16-6/h2,4,7-8,12H,1,3H2,(H2,15,16)(H,17,20)(H,22,23)/t7?,8?,12-/m1/s1. The lowest BCUT2D eigenvalue weighted by atomic mass is 10.0. The van der Waals surface area contributed by atoms with Crippen molar-refractivity contribution in [1.29, 1.82) is 0 Å². The summed E-state index contributed by atoms with van der Waals surface area (Å²) in [6, 6.07) is -2.38. The zero-order valence-corrected chi connectivity index (χ0v) is 14.7. The van der Waals surface area contributed by atoms with Crippen molar-refractivity contribution in [1.82, 2.24) is 15.2 Å². The van der Waals surface area contributed by atoms with Crippen LogP contribution in [0.5, 0.6) is 0 Å². The van der Waals surface area contributed by atoms with Crippen molar-refractivity contribution < 1.29 is 19.5 Å². The number of thioether (sulfide) groups is 1. The summed E-state index contributed by atoms with van der Waals surface area (Å²) in [5.41, 5.74) is 5.88. The number of carbonyl (C=O) groups excluding carboxylic acids is 2. The highest BCUT2D eigenvalue weighted by Crippen LogP contribution is 2.40. The van der Waals surface area contributed by atoms with Crippen molar-refractivity contribution in [2.75, 3.05) is 11.5 Å². The Morgan fingerprint density at radius 2 is 2.31 bits per heavy atom. The Labute approximate surface area is 155 Å². The van der Waals surface area contributed by atoms with E-state index in [0.717, 1.165) is 16.2 Å². The first-order valence-electron chi connectivity index (χ1n) is 7.26. The van der Waals surface area contributed by atoms with E-state index in [2.05, 4.69) is 22.1 Å². The Morgan fingerprint density at radius 1 is 1.58 bits per heavy atom. The van der Waals surface area contributed by atoms with Crippen molar-refractivity contribution in [2.24, 2.45) is 5.18 Å². The highest BCUT2D eigenvalue weighted by atomic mass is 32.2. The Kier molecular flexibility index (Phi) is 4.78. The van der Waals surface area contributed by atoms with E-state index in [9.17, 15) is 24.4 Å². The molecule has 2 aliphatic rings. The number of fused-ring (bicyclic) bond motifs is 1. The predicted molar refractivity (Wildman–Crippen MR) is 94.9 cm³/mol. The van der Waals surface area contributed by atoms with E-state index in [4.69, 9.17) is 5.73 Å². The molecule has 2 amide bonds. The van der Waals surface area contributed by atoms with Crippen molar-refractivity contribution >= 4 is 46.0 Å². The number of hydrogen-bond acceptors (Lipinski definition) is 9. The average Bonchev–Trinajstić information content (AvgIpc) is 3.04. The average molecular weight is 395 g/mol. The Bertz CT molecular complexity index is 851. The number of nitrogen functional groups attached to an aromatic ring is 1. The van der Waals surface area contributed by atoms with Crippen LogP contribution in [0.4, 0.5) is 5.13 Å². The zero-order chi connectivity index (χ0) is 19.0. The van der Waals surface area contributed by atoms with Crippen LogP contribution in [0.1, 0.15) is 11.7 Å². The van der Waals surface area contributed by atoms with Gasteiger partial charge in [-0.05, 0) is 10.7 Å². The first-order chi connectivity index (χ1) is 12.4. The maximum Gasteiger partial charge on any atom is 0.352 e. The molecule has 1 aromatic rings. The lowest BCUT2D eigenvalue weighted by molar-refractivity contribution is -0.150. The number of hydrogen-bond donors (Lipinski definition) is 3. The number of nitrogens with one attached hydrogen (secondary N) is 1. The van der Waals surface area contributed by atoms with Gasteiger partial charge in [-0.2, -0.15) is 0 Å². The van der Waals surface area contributed by atoms with Gasteiger partial charge in [-0.25, -0.2) is 9.78 Å². The van der Waals surface area contributed by atoms with Crippen LogP contribution in [-0.2, 0) is 14.4 Å². The van der Waals surface area contributed by atoms with Gasteiger partial charge in [0.15, 0.2) is 5.13 Å². The van der Waals surface area contributed by atoms with Crippen molar-refractivity contribution in [3.8, 4) is 0 Å². The number of nitroso groups, excluding NO2 is 1. The summed E-state index contributed by atoms with van der Waals surface area (Å²) in [4.78, 5) is 52.2. The maximum absolute atomic E-state index is 12.4. The summed E-state index contributed by atoms with van der Waals surface area (Å²) in [6.45, 7) is 3.56. The Morgan fingerprint density at radius 3 is 2.85 bits per heavy atom. The van der Waals surface area contributed by atoms with Crippen LogP contribution in [0.25, 0.3) is 0 Å². The molecule has 1 saturated heterocycles. The molecule has 1 fully saturated rings. The third-order valence-electron chi connectivity index (χ3n) is 3.92. The molecule has 12 heteroatoms. The number of aromatic nitrogens is 1. The number of rotatable bonds is 6. The molecule has 2 aliphatic heterocycles. The van der Waals surface area contributed by atoms with Gasteiger partial charge >= 0.3 is 5.97 Å². The molecule has 0 radical (unpaired) electrons. The Balaban J connectivity index is 1.77. The molecule has 3 heterocycles. The number of allylic oxidation sites excluding steroid dienone is 1. The molecular formula is C14H13N5O5S2. The van der Waals surface area contributed by atoms with Gasteiger partial charge in [-0.15, -0.1) is 28.0 Å². The fourth-order valence-corrected chi connectivity index (χ4v) is 4.62. The summed E-state index contributed by atoms with van der Waals surface area (Å²) in [7, 11) is 0. The third kappa shape index (κ3) is 2.86. The first kappa shape index (κ1) is 18.1. The second-order valence-corrected chi connectivity index (χ2v) is 7.39. The van der Waals surface area contributed by atoms with Gasteiger partial charge in [0.25, 0.3) is 11.8 Å². The van der Waals surface area contributed by atoms with Crippen LogP contribution in [0.2, 0.25) is 0 Å². The molecule has 26 heavy (non-hydrogen) atoms. The number of carbonyl (C=O) groups is 3. The number of thiazole rings is 1. The highest BCUT2D eigenvalue weighted by molar-refractivity contribution is 8.00. The van der Waals surface area contributed by atoms with Gasteiger partial charge in [0.1, 0.15) is 17.1 Å². The minimum absolute atomic E-state index is 0.0972. The fraction of sp³-hybridized carbons (Fsp3) is 0.286. The lowest BCUT2D eigenvalue weighted by Gasteiger charge is -2.49. The Hall–Kier alpha value is -2.73. The van der Waals surface area contributed by atoms with Gasteiger partial charge < -0.3 is 16.2 Å². The van der Waals surface area contributed by atoms with Gasteiger partial charge in [-0.3, -0.25) is 14.5 Å². The second-order valence-electron chi connectivity index (χ2n) is 5.40. The number of aliphatic carboxylic acids is 1. The molecule has 0 aliphatic carbocycles. The van der Waals surface area contributed by atoms with Crippen molar-refractivity contribution in [3.63, 3.8) is 0 Å². The molecule has 3 rings (SSSR count). The van der Waals surface area contributed by atoms with E-state index in [1.807, 2.05) is 0 Å². The largest absolute Gasteiger partial charge is 0.477 e. The van der Waals surface area contributed by atoms with Crippen LogP contribution in [0.15, 0.2) is 34.5 Å². The molecule has 136 valence electrons. The van der Waals surface area contributed by atoms with E-state index < -0.39 is 35.2 Å². The first-order valence-corrected chi connectivity index (χ1v) is 9.19. The van der Waals surface area contributed by atoms with E-state index in [1.165, 1.54) is 23.2 Å². The summed E-state index contributed by atoms with van der Waals surface area (Å²) in [6.07, 6.45) is 1.39. The highest BCUT2D eigenvalue weighted by Gasteiger charge is 2.54.